The predicted octanol–water partition coefficient (Wildman–Crippen LogP) is 2.10. The van der Waals surface area contributed by atoms with Gasteiger partial charge in [-0.15, -0.1) is 0 Å². The van der Waals surface area contributed by atoms with Gasteiger partial charge in [0.2, 0.25) is 5.91 Å². The summed E-state index contributed by atoms with van der Waals surface area (Å²) in [4.78, 5) is 11.4. The van der Waals surface area contributed by atoms with E-state index in [1.54, 1.807) is 7.11 Å². The van der Waals surface area contributed by atoms with E-state index in [0.29, 0.717) is 32.2 Å². The normalized spacial score (nSPS) is 10.5. The van der Waals surface area contributed by atoms with Crippen molar-refractivity contribution < 1.29 is 14.3 Å². The van der Waals surface area contributed by atoms with Gasteiger partial charge in [-0.2, -0.15) is 0 Å². The zero-order valence-electron chi connectivity index (χ0n) is 13.4. The number of amides is 1. The third-order valence-electron chi connectivity index (χ3n) is 2.93. The van der Waals surface area contributed by atoms with Gasteiger partial charge < -0.3 is 20.1 Å². The van der Waals surface area contributed by atoms with E-state index in [2.05, 4.69) is 24.5 Å². The molecule has 5 heteroatoms. The van der Waals surface area contributed by atoms with Gasteiger partial charge in [0.05, 0.1) is 20.1 Å². The van der Waals surface area contributed by atoms with Gasteiger partial charge in [-0.3, -0.25) is 4.79 Å². The van der Waals surface area contributed by atoms with E-state index < -0.39 is 0 Å². The van der Waals surface area contributed by atoms with Crippen LogP contribution in [0.3, 0.4) is 0 Å². The summed E-state index contributed by atoms with van der Waals surface area (Å²) < 4.78 is 11.0. The minimum absolute atomic E-state index is 0.00728. The van der Waals surface area contributed by atoms with Crippen LogP contribution in [0.1, 0.15) is 32.8 Å². The summed E-state index contributed by atoms with van der Waals surface area (Å²) in [7, 11) is 1.64. The Kier molecular flexibility index (Phi) is 7.61. The molecular weight excluding hydrogens is 268 g/mol. The molecule has 1 aromatic carbocycles. The fourth-order valence-electron chi connectivity index (χ4n) is 1.82. The van der Waals surface area contributed by atoms with Crippen LogP contribution < -0.4 is 20.1 Å². The average Bonchev–Trinajstić information content (AvgIpc) is 2.46. The number of hydrogen-bond acceptors (Lipinski definition) is 4. The van der Waals surface area contributed by atoms with Crippen LogP contribution >= 0.6 is 0 Å². The van der Waals surface area contributed by atoms with E-state index in [9.17, 15) is 4.79 Å². The Hall–Kier alpha value is -1.75. The highest BCUT2D eigenvalue weighted by atomic mass is 16.5. The summed E-state index contributed by atoms with van der Waals surface area (Å²) in [6.07, 6.45) is 0.358. The molecule has 0 spiro atoms. The molecule has 0 aromatic heterocycles. The van der Waals surface area contributed by atoms with E-state index in [-0.39, 0.29) is 5.91 Å². The monoisotopic (exact) mass is 294 g/mol. The maximum absolute atomic E-state index is 11.4. The first-order valence-corrected chi connectivity index (χ1v) is 7.36. The molecule has 0 unspecified atom stereocenters. The minimum Gasteiger partial charge on any atom is -0.497 e. The topological polar surface area (TPSA) is 59.6 Å². The van der Waals surface area contributed by atoms with E-state index in [1.165, 1.54) is 0 Å². The van der Waals surface area contributed by atoms with Crippen LogP contribution in [0.2, 0.25) is 0 Å². The van der Waals surface area contributed by atoms with E-state index in [0.717, 1.165) is 17.1 Å². The van der Waals surface area contributed by atoms with Crippen LogP contribution in [-0.2, 0) is 11.3 Å². The number of rotatable bonds is 9. The minimum atomic E-state index is 0.00728. The van der Waals surface area contributed by atoms with Gasteiger partial charge >= 0.3 is 0 Å². The Labute approximate surface area is 127 Å². The predicted molar refractivity (Wildman–Crippen MR) is 83.8 cm³/mol. The van der Waals surface area contributed by atoms with Gasteiger partial charge in [0.15, 0.2) is 0 Å². The number of ether oxygens (including phenoxy) is 2. The number of methoxy groups -OCH3 is 1. The molecule has 0 saturated carbocycles. The molecule has 2 N–H and O–H groups in total. The number of carbonyl (C=O) groups is 1. The average molecular weight is 294 g/mol. The van der Waals surface area contributed by atoms with Crippen molar-refractivity contribution in [1.82, 2.24) is 10.6 Å². The lowest BCUT2D eigenvalue weighted by Gasteiger charge is -2.15. The Morgan fingerprint density at radius 3 is 2.71 bits per heavy atom. The largest absolute Gasteiger partial charge is 0.497 e. The molecule has 118 valence electrons. The van der Waals surface area contributed by atoms with Crippen LogP contribution in [0.25, 0.3) is 0 Å². The second kappa shape index (κ2) is 9.23. The molecule has 0 aliphatic rings. The van der Waals surface area contributed by atoms with Gasteiger partial charge in [0, 0.05) is 24.7 Å². The molecule has 1 aromatic rings. The van der Waals surface area contributed by atoms with E-state index >= 15 is 0 Å². The standard InChI is InChI=1S/C16H26N2O3/c1-5-17-16(19)8-9-21-15-7-6-14(20-4)10-13(15)11-18-12(2)3/h6-7,10,12,18H,5,8-9,11H2,1-4H3,(H,17,19). The van der Waals surface area contributed by atoms with Crippen molar-refractivity contribution in [1.29, 1.82) is 0 Å². The molecule has 21 heavy (non-hydrogen) atoms. The molecule has 1 rings (SSSR count). The van der Waals surface area contributed by atoms with Crippen molar-refractivity contribution in [2.24, 2.45) is 0 Å². The zero-order valence-corrected chi connectivity index (χ0v) is 13.4. The molecule has 0 aliphatic carbocycles. The van der Waals surface area contributed by atoms with Crippen molar-refractivity contribution in [2.75, 3.05) is 20.3 Å². The molecular formula is C16H26N2O3. The van der Waals surface area contributed by atoms with Crippen LogP contribution in [0, 0.1) is 0 Å². The fourth-order valence-corrected chi connectivity index (χ4v) is 1.82. The molecule has 0 fully saturated rings. The first-order chi connectivity index (χ1) is 10.1. The molecule has 0 bridgehead atoms. The fraction of sp³-hybridized carbons (Fsp3) is 0.562. The highest BCUT2D eigenvalue weighted by Gasteiger charge is 2.08. The zero-order chi connectivity index (χ0) is 15.7. The van der Waals surface area contributed by atoms with Crippen molar-refractivity contribution in [2.45, 2.75) is 39.8 Å². The summed E-state index contributed by atoms with van der Waals surface area (Å²) in [6, 6.07) is 6.09. The lowest BCUT2D eigenvalue weighted by molar-refractivity contribution is -0.121. The molecule has 0 heterocycles. The summed E-state index contributed by atoms with van der Waals surface area (Å²) in [6.45, 7) is 7.80. The third-order valence-corrected chi connectivity index (χ3v) is 2.93. The number of carbonyl (C=O) groups excluding carboxylic acids is 1. The molecule has 0 radical (unpaired) electrons. The van der Waals surface area contributed by atoms with Crippen molar-refractivity contribution in [3.63, 3.8) is 0 Å². The lowest BCUT2D eigenvalue weighted by atomic mass is 10.1. The molecule has 0 atom stereocenters. The van der Waals surface area contributed by atoms with Crippen LogP contribution in [-0.4, -0.2) is 32.2 Å². The first kappa shape index (κ1) is 17.3. The van der Waals surface area contributed by atoms with Crippen LogP contribution in [0.15, 0.2) is 18.2 Å². The Morgan fingerprint density at radius 1 is 1.33 bits per heavy atom. The summed E-state index contributed by atoms with van der Waals surface area (Å²) >= 11 is 0. The van der Waals surface area contributed by atoms with Crippen molar-refractivity contribution >= 4 is 5.91 Å². The maximum Gasteiger partial charge on any atom is 0.223 e. The van der Waals surface area contributed by atoms with Crippen molar-refractivity contribution in [3.8, 4) is 11.5 Å². The van der Waals surface area contributed by atoms with Gasteiger partial charge in [-0.05, 0) is 25.1 Å². The second-order valence-corrected chi connectivity index (χ2v) is 5.06. The molecule has 0 aliphatic heterocycles. The van der Waals surface area contributed by atoms with Crippen LogP contribution in [0.4, 0.5) is 0 Å². The van der Waals surface area contributed by atoms with Gasteiger partial charge in [-0.1, -0.05) is 13.8 Å². The van der Waals surface area contributed by atoms with Gasteiger partial charge in [0.1, 0.15) is 11.5 Å². The van der Waals surface area contributed by atoms with Gasteiger partial charge in [-0.25, -0.2) is 0 Å². The summed E-state index contributed by atoms with van der Waals surface area (Å²) in [5.41, 5.74) is 1.03. The van der Waals surface area contributed by atoms with Crippen molar-refractivity contribution in [3.05, 3.63) is 23.8 Å². The quantitative estimate of drug-likeness (QED) is 0.732. The molecule has 0 saturated heterocycles. The Balaban J connectivity index is 2.64. The Bertz CT molecular complexity index is 447. The second-order valence-electron chi connectivity index (χ2n) is 5.06. The summed E-state index contributed by atoms with van der Waals surface area (Å²) in [5, 5.41) is 6.11. The summed E-state index contributed by atoms with van der Waals surface area (Å²) in [5.74, 6) is 1.59. The highest BCUT2D eigenvalue weighted by molar-refractivity contribution is 5.75. The number of nitrogens with one attached hydrogen (secondary N) is 2. The molecule has 5 nitrogen and oxygen atoms in total. The smallest absolute Gasteiger partial charge is 0.223 e. The maximum atomic E-state index is 11.4. The first-order valence-electron chi connectivity index (χ1n) is 7.36. The lowest BCUT2D eigenvalue weighted by Crippen LogP contribution is -2.25. The highest BCUT2D eigenvalue weighted by Crippen LogP contribution is 2.24. The van der Waals surface area contributed by atoms with Gasteiger partial charge in [0.25, 0.3) is 0 Å². The Morgan fingerprint density at radius 2 is 2.10 bits per heavy atom. The number of hydrogen-bond donors (Lipinski definition) is 2. The number of benzene rings is 1. The van der Waals surface area contributed by atoms with E-state index in [4.69, 9.17) is 9.47 Å². The third kappa shape index (κ3) is 6.49. The molecule has 1 amide bonds. The van der Waals surface area contributed by atoms with Crippen LogP contribution in [0.5, 0.6) is 11.5 Å². The van der Waals surface area contributed by atoms with E-state index in [1.807, 2.05) is 25.1 Å². The SMILES string of the molecule is CCNC(=O)CCOc1ccc(OC)cc1CNC(C)C.